The monoisotopic (exact) mass is 379 g/mol. The molecule has 0 bridgehead atoms. The zero-order valence-electron chi connectivity index (χ0n) is 14.2. The van der Waals surface area contributed by atoms with Gasteiger partial charge in [0.25, 0.3) is 0 Å². The van der Waals surface area contributed by atoms with Crippen molar-refractivity contribution in [3.8, 4) is 11.5 Å². The summed E-state index contributed by atoms with van der Waals surface area (Å²) in [6, 6.07) is 11.4. The number of rotatable bonds is 4. The van der Waals surface area contributed by atoms with Gasteiger partial charge in [-0.15, -0.1) is 0 Å². The summed E-state index contributed by atoms with van der Waals surface area (Å²) in [6.45, 7) is 3.11. The van der Waals surface area contributed by atoms with Crippen LogP contribution in [-0.4, -0.2) is 45.7 Å². The van der Waals surface area contributed by atoms with E-state index in [9.17, 15) is 12.8 Å². The van der Waals surface area contributed by atoms with E-state index in [0.29, 0.717) is 26.2 Å². The van der Waals surface area contributed by atoms with Crippen molar-refractivity contribution in [2.45, 2.75) is 11.4 Å². The van der Waals surface area contributed by atoms with Crippen molar-refractivity contribution >= 4 is 10.0 Å². The molecule has 2 aliphatic rings. The lowest BCUT2D eigenvalue weighted by Gasteiger charge is -2.31. The number of hydrogen-bond acceptors (Lipinski definition) is 4. The SMILES string of the molecule is O=S(=O)(c1ccccc1F)N1CC[NH+](Cc2ccc3c(c2)OCO3)CC1. The van der Waals surface area contributed by atoms with Crippen molar-refractivity contribution in [1.29, 1.82) is 0 Å². The van der Waals surface area contributed by atoms with Gasteiger partial charge in [0.2, 0.25) is 16.8 Å². The molecule has 4 rings (SSSR count). The molecule has 26 heavy (non-hydrogen) atoms. The summed E-state index contributed by atoms with van der Waals surface area (Å²) in [6.07, 6.45) is 0. The molecule has 1 saturated heterocycles. The maximum absolute atomic E-state index is 13.9. The number of piperazine rings is 1. The lowest BCUT2D eigenvalue weighted by atomic mass is 10.2. The van der Waals surface area contributed by atoms with Crippen LogP contribution in [0.5, 0.6) is 11.5 Å². The zero-order valence-corrected chi connectivity index (χ0v) is 15.0. The number of fused-ring (bicyclic) bond motifs is 1. The second-order valence-corrected chi connectivity index (χ2v) is 8.36. The molecular weight excluding hydrogens is 359 g/mol. The Morgan fingerprint density at radius 3 is 2.54 bits per heavy atom. The summed E-state index contributed by atoms with van der Waals surface area (Å²) < 4.78 is 51.3. The van der Waals surface area contributed by atoms with E-state index in [2.05, 4.69) is 0 Å². The number of quaternary nitrogens is 1. The molecule has 8 heteroatoms. The van der Waals surface area contributed by atoms with Crippen LogP contribution in [0.1, 0.15) is 5.56 Å². The molecule has 0 amide bonds. The Bertz CT molecular complexity index is 911. The smallest absolute Gasteiger partial charge is 0.246 e. The third-order valence-electron chi connectivity index (χ3n) is 4.78. The molecule has 2 aromatic carbocycles. The van der Waals surface area contributed by atoms with Gasteiger partial charge in [-0.3, -0.25) is 0 Å². The summed E-state index contributed by atoms with van der Waals surface area (Å²) in [7, 11) is -3.79. The number of benzene rings is 2. The van der Waals surface area contributed by atoms with Gasteiger partial charge in [0.15, 0.2) is 11.5 Å². The lowest BCUT2D eigenvalue weighted by molar-refractivity contribution is -0.917. The molecule has 2 heterocycles. The fourth-order valence-electron chi connectivity index (χ4n) is 3.35. The number of ether oxygens (including phenoxy) is 2. The molecule has 2 aromatic rings. The first-order chi connectivity index (χ1) is 12.5. The molecule has 0 saturated carbocycles. The maximum Gasteiger partial charge on any atom is 0.246 e. The van der Waals surface area contributed by atoms with E-state index < -0.39 is 15.8 Å². The first-order valence-corrected chi connectivity index (χ1v) is 9.95. The molecule has 0 unspecified atom stereocenters. The van der Waals surface area contributed by atoms with Gasteiger partial charge in [-0.05, 0) is 30.3 Å². The number of sulfonamides is 1. The van der Waals surface area contributed by atoms with E-state index in [-0.39, 0.29) is 11.7 Å². The Labute approximate surface area is 151 Å². The quantitative estimate of drug-likeness (QED) is 0.847. The van der Waals surface area contributed by atoms with Crippen LogP contribution in [0, 0.1) is 5.82 Å². The van der Waals surface area contributed by atoms with Crippen molar-refractivity contribution in [3.63, 3.8) is 0 Å². The maximum atomic E-state index is 13.9. The van der Waals surface area contributed by atoms with Crippen molar-refractivity contribution in [3.05, 3.63) is 53.8 Å². The third-order valence-corrected chi connectivity index (χ3v) is 6.71. The highest BCUT2D eigenvalue weighted by atomic mass is 32.2. The van der Waals surface area contributed by atoms with Crippen LogP contribution in [0.2, 0.25) is 0 Å². The molecule has 138 valence electrons. The Balaban J connectivity index is 1.40. The van der Waals surface area contributed by atoms with Crippen LogP contribution in [0.25, 0.3) is 0 Å². The largest absolute Gasteiger partial charge is 0.454 e. The molecular formula is C18H20FN2O4S+. The number of halogens is 1. The minimum atomic E-state index is -3.79. The van der Waals surface area contributed by atoms with Gasteiger partial charge in [0.1, 0.15) is 17.3 Å². The van der Waals surface area contributed by atoms with Crippen LogP contribution < -0.4 is 14.4 Å². The van der Waals surface area contributed by atoms with Gasteiger partial charge in [0.05, 0.1) is 26.2 Å². The summed E-state index contributed by atoms with van der Waals surface area (Å²) in [4.78, 5) is 1.03. The standard InChI is InChI=1S/C18H19FN2O4S/c19-15-3-1-2-4-18(15)26(22,23)21-9-7-20(8-10-21)12-14-5-6-16-17(11-14)25-13-24-16/h1-6,11H,7-10,12-13H2/p+1. The van der Waals surface area contributed by atoms with Crippen molar-refractivity contribution in [1.82, 2.24) is 4.31 Å². The average Bonchev–Trinajstić information content (AvgIpc) is 3.10. The Morgan fingerprint density at radius 2 is 1.77 bits per heavy atom. The van der Waals surface area contributed by atoms with Gasteiger partial charge < -0.3 is 14.4 Å². The molecule has 1 N–H and O–H groups in total. The molecule has 0 aliphatic carbocycles. The van der Waals surface area contributed by atoms with Gasteiger partial charge in [0, 0.05) is 5.56 Å². The van der Waals surface area contributed by atoms with E-state index in [4.69, 9.17) is 9.47 Å². The van der Waals surface area contributed by atoms with Crippen molar-refractivity contribution < 1.29 is 27.2 Å². The topological polar surface area (TPSA) is 60.3 Å². The predicted molar refractivity (Wildman–Crippen MR) is 92.1 cm³/mol. The van der Waals surface area contributed by atoms with E-state index in [0.717, 1.165) is 23.6 Å². The Kier molecular flexibility index (Phi) is 4.56. The second kappa shape index (κ2) is 6.86. The molecule has 0 atom stereocenters. The van der Waals surface area contributed by atoms with E-state index in [1.807, 2.05) is 18.2 Å². The highest BCUT2D eigenvalue weighted by Crippen LogP contribution is 2.32. The van der Waals surface area contributed by atoms with Gasteiger partial charge in [-0.25, -0.2) is 12.8 Å². The molecule has 0 radical (unpaired) electrons. The predicted octanol–water partition coefficient (Wildman–Crippen LogP) is 0.644. The fourth-order valence-corrected chi connectivity index (χ4v) is 4.86. The molecule has 6 nitrogen and oxygen atoms in total. The summed E-state index contributed by atoms with van der Waals surface area (Å²) in [5.74, 6) is 0.801. The van der Waals surface area contributed by atoms with Crippen LogP contribution in [-0.2, 0) is 16.6 Å². The van der Waals surface area contributed by atoms with E-state index in [1.54, 1.807) is 0 Å². The minimum absolute atomic E-state index is 0.248. The van der Waals surface area contributed by atoms with Gasteiger partial charge >= 0.3 is 0 Å². The van der Waals surface area contributed by atoms with Crippen LogP contribution in [0.3, 0.4) is 0 Å². The van der Waals surface area contributed by atoms with Crippen molar-refractivity contribution in [2.24, 2.45) is 0 Å². The van der Waals surface area contributed by atoms with Crippen LogP contribution in [0.4, 0.5) is 4.39 Å². The molecule has 1 fully saturated rings. The average molecular weight is 379 g/mol. The number of nitrogens with one attached hydrogen (secondary N) is 1. The Morgan fingerprint density at radius 1 is 1.04 bits per heavy atom. The third kappa shape index (κ3) is 3.27. The first-order valence-electron chi connectivity index (χ1n) is 8.51. The summed E-state index contributed by atoms with van der Waals surface area (Å²) in [5.41, 5.74) is 1.12. The summed E-state index contributed by atoms with van der Waals surface area (Å²) in [5, 5.41) is 0. The number of hydrogen-bond donors (Lipinski definition) is 1. The molecule has 0 aromatic heterocycles. The first kappa shape index (κ1) is 17.3. The minimum Gasteiger partial charge on any atom is -0.454 e. The molecule has 0 spiro atoms. The fraction of sp³-hybridized carbons (Fsp3) is 0.333. The number of nitrogens with zero attached hydrogens (tertiary/aromatic N) is 1. The summed E-state index contributed by atoms with van der Waals surface area (Å²) >= 11 is 0. The van der Waals surface area contributed by atoms with Crippen LogP contribution in [0.15, 0.2) is 47.4 Å². The van der Waals surface area contributed by atoms with Gasteiger partial charge in [-0.2, -0.15) is 4.31 Å². The van der Waals surface area contributed by atoms with E-state index >= 15 is 0 Å². The highest BCUT2D eigenvalue weighted by Gasteiger charge is 2.32. The van der Waals surface area contributed by atoms with E-state index in [1.165, 1.54) is 33.5 Å². The normalized spacial score (nSPS) is 18.2. The van der Waals surface area contributed by atoms with Gasteiger partial charge in [-0.1, -0.05) is 12.1 Å². The zero-order chi connectivity index (χ0) is 18.1. The highest BCUT2D eigenvalue weighted by molar-refractivity contribution is 7.89. The molecule has 2 aliphatic heterocycles. The second-order valence-electron chi connectivity index (χ2n) is 6.45. The van der Waals surface area contributed by atoms with Crippen molar-refractivity contribution in [2.75, 3.05) is 33.0 Å². The Hall–Kier alpha value is -2.16. The lowest BCUT2D eigenvalue weighted by Crippen LogP contribution is -3.13. The van der Waals surface area contributed by atoms with Crippen LogP contribution >= 0.6 is 0 Å².